The molecule has 0 saturated carbocycles. The number of thiocarbonyl (C=S) groups is 1. The van der Waals surface area contributed by atoms with Crippen LogP contribution in [-0.4, -0.2) is 50.3 Å². The summed E-state index contributed by atoms with van der Waals surface area (Å²) in [6.45, 7) is 6.87. The van der Waals surface area contributed by atoms with Crippen molar-refractivity contribution in [3.8, 4) is 0 Å². The minimum atomic E-state index is -0.608. The normalized spacial score (nSPS) is 15.6. The molecule has 0 radical (unpaired) electrons. The first-order valence-corrected chi connectivity index (χ1v) is 14.1. The Morgan fingerprint density at radius 1 is 0.925 bits per heavy atom. The first-order chi connectivity index (χ1) is 19.3. The molecular weight excluding hydrogens is 516 g/mol. The zero-order valence-corrected chi connectivity index (χ0v) is 24.1. The average Bonchev–Trinajstić information content (AvgIpc) is 3.60. The van der Waals surface area contributed by atoms with Gasteiger partial charge in [0.05, 0.1) is 17.0 Å². The minimum Gasteiger partial charge on any atom is -0.444 e. The molecule has 1 aliphatic heterocycles. The summed E-state index contributed by atoms with van der Waals surface area (Å²) in [5, 5.41) is 3.45. The first kappa shape index (κ1) is 27.6. The van der Waals surface area contributed by atoms with Crippen molar-refractivity contribution < 1.29 is 9.53 Å². The molecule has 0 aliphatic carbocycles. The van der Waals surface area contributed by atoms with Gasteiger partial charge >= 0.3 is 6.09 Å². The predicted octanol–water partition coefficient (Wildman–Crippen LogP) is 6.19. The fourth-order valence-corrected chi connectivity index (χ4v) is 5.75. The van der Waals surface area contributed by atoms with Gasteiger partial charge in [0.15, 0.2) is 0 Å². The van der Waals surface area contributed by atoms with Crippen LogP contribution in [0.15, 0.2) is 104 Å². The quantitative estimate of drug-likeness (QED) is 0.219. The van der Waals surface area contributed by atoms with E-state index in [2.05, 4.69) is 88.9 Å². The van der Waals surface area contributed by atoms with E-state index >= 15 is 0 Å². The van der Waals surface area contributed by atoms with Crippen molar-refractivity contribution >= 4 is 23.3 Å². The number of imidazole rings is 1. The lowest BCUT2D eigenvalue weighted by Crippen LogP contribution is -2.40. The van der Waals surface area contributed by atoms with Crippen LogP contribution >= 0.6 is 12.2 Å². The van der Waals surface area contributed by atoms with Gasteiger partial charge in [0.1, 0.15) is 11.1 Å². The lowest BCUT2D eigenvalue weighted by molar-refractivity contribution is 0.0292. The van der Waals surface area contributed by atoms with E-state index < -0.39 is 11.1 Å². The van der Waals surface area contributed by atoms with Gasteiger partial charge in [-0.2, -0.15) is 0 Å². The van der Waals surface area contributed by atoms with Crippen LogP contribution < -0.4 is 5.32 Å². The molecule has 1 fully saturated rings. The Kier molecular flexibility index (Phi) is 8.03. The van der Waals surface area contributed by atoms with Crippen LogP contribution in [0.1, 0.15) is 49.6 Å². The molecule has 1 aliphatic rings. The third kappa shape index (κ3) is 5.94. The van der Waals surface area contributed by atoms with E-state index in [1.54, 1.807) is 4.90 Å². The Hall–Kier alpha value is -3.97. The zero-order chi connectivity index (χ0) is 28.2. The fourth-order valence-electron chi connectivity index (χ4n) is 5.44. The summed E-state index contributed by atoms with van der Waals surface area (Å²) in [5.41, 5.74) is 3.20. The van der Waals surface area contributed by atoms with E-state index in [1.165, 1.54) is 0 Å². The summed E-state index contributed by atoms with van der Waals surface area (Å²) in [5.74, 6) is 0. The fraction of sp³-hybridized carbons (Fsp3) is 0.303. The second-order valence-corrected chi connectivity index (χ2v) is 11.7. The number of hydrogen-bond donors (Lipinski definition) is 1. The van der Waals surface area contributed by atoms with Gasteiger partial charge in [-0.3, -0.25) is 0 Å². The van der Waals surface area contributed by atoms with Crippen LogP contribution in [0.3, 0.4) is 0 Å². The molecule has 1 unspecified atom stereocenters. The second kappa shape index (κ2) is 11.6. The molecule has 4 aromatic rings. The van der Waals surface area contributed by atoms with Gasteiger partial charge in [-0.25, -0.2) is 9.78 Å². The molecule has 0 bridgehead atoms. The molecule has 1 atom stereocenters. The Balaban J connectivity index is 1.39. The van der Waals surface area contributed by atoms with E-state index in [0.29, 0.717) is 24.5 Å². The number of carbonyl (C=O) groups excluding carboxylic acids is 1. The van der Waals surface area contributed by atoms with Crippen LogP contribution in [0.4, 0.5) is 4.79 Å². The number of carbonyl (C=O) groups is 1. The van der Waals surface area contributed by atoms with E-state index in [9.17, 15) is 4.79 Å². The van der Waals surface area contributed by atoms with Gasteiger partial charge in [-0.1, -0.05) is 103 Å². The smallest absolute Gasteiger partial charge is 0.410 e. The highest BCUT2D eigenvalue weighted by Gasteiger charge is 2.38. The molecule has 2 heterocycles. The molecular formula is C33H36N4O2S. The Bertz CT molecular complexity index is 1330. The largest absolute Gasteiger partial charge is 0.444 e. The maximum absolute atomic E-state index is 12.5. The van der Waals surface area contributed by atoms with E-state index in [0.717, 1.165) is 28.8 Å². The van der Waals surface area contributed by atoms with Crippen LogP contribution in [0.2, 0.25) is 0 Å². The van der Waals surface area contributed by atoms with Gasteiger partial charge in [0.2, 0.25) is 0 Å². The van der Waals surface area contributed by atoms with Crippen LogP contribution in [-0.2, 0) is 16.7 Å². The number of nitrogens with one attached hydrogen (secondary N) is 1. The number of nitrogens with zero attached hydrogens (tertiary/aromatic N) is 3. The molecule has 1 N–H and O–H groups in total. The summed E-state index contributed by atoms with van der Waals surface area (Å²) in [7, 11) is 0. The SMILES string of the molecule is CC(C)(C)OC(=O)N1CCC(NC(=S)Cc2cn(C(c3ccccc3)(c3ccccc3)c3ccccc3)cn2)C1. The predicted molar refractivity (Wildman–Crippen MR) is 162 cm³/mol. The van der Waals surface area contributed by atoms with Gasteiger partial charge in [-0.15, -0.1) is 0 Å². The van der Waals surface area contributed by atoms with Crippen LogP contribution in [0, 0.1) is 0 Å². The zero-order valence-electron chi connectivity index (χ0n) is 23.3. The van der Waals surface area contributed by atoms with Gasteiger partial charge in [0.25, 0.3) is 0 Å². The molecule has 1 aromatic heterocycles. The Morgan fingerprint density at radius 3 is 1.95 bits per heavy atom. The van der Waals surface area contributed by atoms with Gasteiger partial charge in [0, 0.05) is 31.7 Å². The highest BCUT2D eigenvalue weighted by Crippen LogP contribution is 2.40. The molecule has 6 nitrogen and oxygen atoms in total. The van der Waals surface area contributed by atoms with Crippen molar-refractivity contribution in [1.29, 1.82) is 0 Å². The van der Waals surface area contributed by atoms with Crippen molar-refractivity contribution in [2.45, 2.75) is 50.8 Å². The molecule has 3 aromatic carbocycles. The lowest BCUT2D eigenvalue weighted by Gasteiger charge is -2.37. The first-order valence-electron chi connectivity index (χ1n) is 13.7. The van der Waals surface area contributed by atoms with Crippen molar-refractivity contribution in [2.75, 3.05) is 13.1 Å². The summed E-state index contributed by atoms with van der Waals surface area (Å²) < 4.78 is 7.73. The summed E-state index contributed by atoms with van der Waals surface area (Å²) >= 11 is 5.75. The highest BCUT2D eigenvalue weighted by molar-refractivity contribution is 7.80. The molecule has 1 amide bonds. The van der Waals surface area contributed by atoms with E-state index in [1.807, 2.05) is 45.3 Å². The maximum atomic E-state index is 12.5. The molecule has 1 saturated heterocycles. The summed E-state index contributed by atoms with van der Waals surface area (Å²) in [4.78, 5) is 19.7. The third-order valence-electron chi connectivity index (χ3n) is 7.14. The summed E-state index contributed by atoms with van der Waals surface area (Å²) in [6.07, 6.45) is 5.07. The number of rotatable bonds is 7. The van der Waals surface area contributed by atoms with Gasteiger partial charge in [-0.05, 0) is 43.9 Å². The molecule has 40 heavy (non-hydrogen) atoms. The number of ether oxygens (including phenoxy) is 1. The van der Waals surface area contributed by atoms with Crippen molar-refractivity contribution in [1.82, 2.24) is 19.8 Å². The number of hydrogen-bond acceptors (Lipinski definition) is 4. The maximum Gasteiger partial charge on any atom is 0.410 e. The molecule has 0 spiro atoms. The van der Waals surface area contributed by atoms with Crippen molar-refractivity contribution in [3.63, 3.8) is 0 Å². The average molecular weight is 553 g/mol. The lowest BCUT2D eigenvalue weighted by atomic mass is 9.77. The Labute approximate surface area is 242 Å². The minimum absolute atomic E-state index is 0.0964. The second-order valence-electron chi connectivity index (χ2n) is 11.2. The standard InChI is InChI=1S/C33H36N4O2S/c1-32(2,3)39-31(38)36-20-19-28(22-36)35-30(40)21-29-23-37(24-34-29)33(25-13-7-4-8-14-25,26-15-9-5-10-16-26)27-17-11-6-12-18-27/h4-18,23-24,28H,19-22H2,1-3H3,(H,35,40). The number of likely N-dealkylation sites (tertiary alicyclic amines) is 1. The third-order valence-corrected chi connectivity index (χ3v) is 7.41. The highest BCUT2D eigenvalue weighted by atomic mass is 32.1. The number of aromatic nitrogens is 2. The topological polar surface area (TPSA) is 59.4 Å². The number of benzene rings is 3. The Morgan fingerprint density at radius 2 is 1.45 bits per heavy atom. The van der Waals surface area contributed by atoms with E-state index in [-0.39, 0.29) is 12.1 Å². The summed E-state index contributed by atoms with van der Waals surface area (Å²) in [6, 6.07) is 31.7. The van der Waals surface area contributed by atoms with Crippen molar-refractivity contribution in [2.24, 2.45) is 0 Å². The molecule has 7 heteroatoms. The van der Waals surface area contributed by atoms with Gasteiger partial charge < -0.3 is 19.5 Å². The van der Waals surface area contributed by atoms with Crippen molar-refractivity contribution in [3.05, 3.63) is 126 Å². The van der Waals surface area contributed by atoms with Crippen LogP contribution in [0.5, 0.6) is 0 Å². The molecule has 5 rings (SSSR count). The monoisotopic (exact) mass is 552 g/mol. The molecule has 206 valence electrons. The number of amides is 1. The van der Waals surface area contributed by atoms with Crippen LogP contribution in [0.25, 0.3) is 0 Å². The van der Waals surface area contributed by atoms with E-state index in [4.69, 9.17) is 21.9 Å².